The topological polar surface area (TPSA) is 66.9 Å². The molecule has 5 heteroatoms. The summed E-state index contributed by atoms with van der Waals surface area (Å²) in [6.07, 6.45) is 3.71. The first-order chi connectivity index (χ1) is 13.2. The Morgan fingerprint density at radius 3 is 2.63 bits per heavy atom. The first-order valence-electron chi connectivity index (χ1n) is 9.71. The average molecular weight is 363 g/mol. The number of carbonyl (C=O) groups excluding carboxylic acids is 1. The van der Waals surface area contributed by atoms with E-state index in [4.69, 9.17) is 0 Å². The van der Waals surface area contributed by atoms with Crippen molar-refractivity contribution in [2.75, 3.05) is 6.54 Å². The monoisotopic (exact) mass is 363 g/mol. The Balaban J connectivity index is 1.29. The smallest absolute Gasteiger partial charge is 0.326 e. The minimum absolute atomic E-state index is 0.0969. The number of imidazole rings is 1. The molecule has 1 saturated carbocycles. The second-order valence-corrected chi connectivity index (χ2v) is 7.36. The Morgan fingerprint density at radius 1 is 1.11 bits per heavy atom. The van der Waals surface area contributed by atoms with Gasteiger partial charge in [0.15, 0.2) is 0 Å². The Bertz CT molecular complexity index is 970. The van der Waals surface area contributed by atoms with Gasteiger partial charge in [0.1, 0.15) is 0 Å². The van der Waals surface area contributed by atoms with Crippen molar-refractivity contribution >= 4 is 16.9 Å². The number of fused-ring (bicyclic) bond motifs is 1. The highest BCUT2D eigenvalue weighted by Crippen LogP contribution is 2.44. The van der Waals surface area contributed by atoms with Gasteiger partial charge in [0.2, 0.25) is 5.91 Å². The normalized spacial score (nSPS) is 15.0. The second kappa shape index (κ2) is 7.82. The summed E-state index contributed by atoms with van der Waals surface area (Å²) in [6.45, 7) is 1.17. The number of para-hydroxylation sites is 2. The molecular formula is C22H25N3O2. The number of nitrogens with one attached hydrogen (secondary N) is 2. The maximum absolute atomic E-state index is 12.4. The van der Waals surface area contributed by atoms with E-state index >= 15 is 0 Å². The number of aromatic nitrogens is 2. The predicted octanol–water partition coefficient (Wildman–Crippen LogP) is 3.42. The molecule has 1 unspecified atom stereocenters. The number of benzene rings is 2. The highest BCUT2D eigenvalue weighted by Gasteiger charge is 2.33. The van der Waals surface area contributed by atoms with Crippen LogP contribution in [-0.2, 0) is 11.3 Å². The van der Waals surface area contributed by atoms with Gasteiger partial charge < -0.3 is 10.3 Å². The van der Waals surface area contributed by atoms with E-state index in [1.165, 1.54) is 18.4 Å². The molecule has 0 radical (unpaired) electrons. The van der Waals surface area contributed by atoms with Crippen molar-refractivity contribution in [1.82, 2.24) is 14.9 Å². The Hall–Kier alpha value is -2.82. The number of hydrogen-bond acceptors (Lipinski definition) is 2. The van der Waals surface area contributed by atoms with Crippen LogP contribution in [0.4, 0.5) is 0 Å². The number of aryl methyl sites for hydroxylation is 1. The van der Waals surface area contributed by atoms with Crippen molar-refractivity contribution in [3.8, 4) is 0 Å². The molecule has 0 aliphatic heterocycles. The fraction of sp³-hybridized carbons (Fsp3) is 0.364. The number of rotatable bonds is 8. The minimum atomic E-state index is -0.0969. The Labute approximate surface area is 158 Å². The lowest BCUT2D eigenvalue weighted by molar-refractivity contribution is -0.121. The van der Waals surface area contributed by atoms with Gasteiger partial charge in [-0.05, 0) is 48.8 Å². The van der Waals surface area contributed by atoms with Gasteiger partial charge in [-0.3, -0.25) is 9.36 Å². The van der Waals surface area contributed by atoms with Crippen LogP contribution in [0, 0.1) is 5.92 Å². The van der Waals surface area contributed by atoms with Crippen LogP contribution < -0.4 is 11.0 Å². The van der Waals surface area contributed by atoms with E-state index in [0.717, 1.165) is 17.5 Å². The largest absolute Gasteiger partial charge is 0.356 e. The van der Waals surface area contributed by atoms with Gasteiger partial charge in [-0.25, -0.2) is 4.79 Å². The number of hydrogen-bond donors (Lipinski definition) is 2. The summed E-state index contributed by atoms with van der Waals surface area (Å²) in [6, 6.07) is 18.0. The summed E-state index contributed by atoms with van der Waals surface area (Å²) in [5.41, 5.74) is 2.93. The zero-order chi connectivity index (χ0) is 18.6. The van der Waals surface area contributed by atoms with Gasteiger partial charge in [0.25, 0.3) is 0 Å². The minimum Gasteiger partial charge on any atom is -0.356 e. The summed E-state index contributed by atoms with van der Waals surface area (Å²) in [5, 5.41) is 3.03. The van der Waals surface area contributed by atoms with Gasteiger partial charge in [-0.2, -0.15) is 0 Å². The van der Waals surface area contributed by atoms with Crippen LogP contribution in [0.25, 0.3) is 11.0 Å². The summed E-state index contributed by atoms with van der Waals surface area (Å²) in [5.74, 6) is 1.06. The molecule has 3 aromatic rings. The Kier molecular flexibility index (Phi) is 5.10. The molecule has 1 atom stereocenters. The molecule has 2 aromatic carbocycles. The number of H-pyrrole nitrogens is 1. The van der Waals surface area contributed by atoms with Crippen molar-refractivity contribution in [2.45, 2.75) is 38.1 Å². The molecule has 140 valence electrons. The first kappa shape index (κ1) is 17.6. The zero-order valence-electron chi connectivity index (χ0n) is 15.4. The van der Waals surface area contributed by atoms with Crippen molar-refractivity contribution < 1.29 is 4.79 Å². The zero-order valence-corrected chi connectivity index (χ0v) is 15.4. The molecule has 1 fully saturated rings. The lowest BCUT2D eigenvalue weighted by Crippen LogP contribution is -2.28. The van der Waals surface area contributed by atoms with E-state index in [9.17, 15) is 9.59 Å². The van der Waals surface area contributed by atoms with E-state index in [-0.39, 0.29) is 11.6 Å². The standard InChI is InChI=1S/C22H25N3O2/c26-21(15-18(17-11-12-17)16-7-2-1-3-8-16)23-13-6-14-25-20-10-5-4-9-19(20)24-22(25)27/h1-5,7-10,17-18H,6,11-15H2,(H,23,26)(H,24,27). The lowest BCUT2D eigenvalue weighted by Gasteiger charge is -2.16. The average Bonchev–Trinajstić information content (AvgIpc) is 3.48. The Morgan fingerprint density at radius 2 is 1.85 bits per heavy atom. The molecule has 1 heterocycles. The third kappa shape index (κ3) is 4.13. The van der Waals surface area contributed by atoms with E-state index in [1.807, 2.05) is 42.5 Å². The van der Waals surface area contributed by atoms with E-state index in [0.29, 0.717) is 31.3 Å². The highest BCUT2D eigenvalue weighted by molar-refractivity contribution is 5.77. The van der Waals surface area contributed by atoms with Crippen LogP contribution in [0.3, 0.4) is 0 Å². The van der Waals surface area contributed by atoms with Crippen molar-refractivity contribution in [1.29, 1.82) is 0 Å². The van der Waals surface area contributed by atoms with Gasteiger partial charge in [-0.15, -0.1) is 0 Å². The molecule has 0 spiro atoms. The molecule has 0 saturated heterocycles. The number of amides is 1. The molecule has 27 heavy (non-hydrogen) atoms. The summed E-state index contributed by atoms with van der Waals surface area (Å²) in [7, 11) is 0. The van der Waals surface area contributed by atoms with Crippen molar-refractivity contribution in [3.05, 3.63) is 70.6 Å². The van der Waals surface area contributed by atoms with Crippen LogP contribution >= 0.6 is 0 Å². The molecule has 1 amide bonds. The van der Waals surface area contributed by atoms with E-state index in [1.54, 1.807) is 4.57 Å². The molecule has 1 aromatic heterocycles. The van der Waals surface area contributed by atoms with Crippen LogP contribution in [0.15, 0.2) is 59.4 Å². The van der Waals surface area contributed by atoms with Crippen molar-refractivity contribution in [2.24, 2.45) is 5.92 Å². The fourth-order valence-electron chi connectivity index (χ4n) is 3.82. The van der Waals surface area contributed by atoms with Gasteiger partial charge >= 0.3 is 5.69 Å². The molecular weight excluding hydrogens is 338 g/mol. The SMILES string of the molecule is O=C(CC(c1ccccc1)C1CC1)NCCCn1c(=O)[nH]c2ccccc21. The summed E-state index contributed by atoms with van der Waals surface area (Å²) < 4.78 is 1.73. The predicted molar refractivity (Wildman–Crippen MR) is 107 cm³/mol. The number of aromatic amines is 1. The lowest BCUT2D eigenvalue weighted by atomic mass is 9.91. The molecule has 0 bridgehead atoms. The first-order valence-corrected chi connectivity index (χ1v) is 9.71. The number of nitrogens with zero attached hydrogens (tertiary/aromatic N) is 1. The van der Waals surface area contributed by atoms with Crippen LogP contribution in [0.5, 0.6) is 0 Å². The van der Waals surface area contributed by atoms with Gasteiger partial charge in [0, 0.05) is 19.5 Å². The fourth-order valence-corrected chi connectivity index (χ4v) is 3.82. The highest BCUT2D eigenvalue weighted by atomic mass is 16.2. The van der Waals surface area contributed by atoms with Gasteiger partial charge in [0.05, 0.1) is 11.0 Å². The molecule has 1 aliphatic rings. The van der Waals surface area contributed by atoms with Crippen molar-refractivity contribution in [3.63, 3.8) is 0 Å². The van der Waals surface area contributed by atoms with Crippen LogP contribution in [0.2, 0.25) is 0 Å². The molecule has 2 N–H and O–H groups in total. The quantitative estimate of drug-likeness (QED) is 0.602. The third-order valence-electron chi connectivity index (χ3n) is 5.39. The maximum Gasteiger partial charge on any atom is 0.326 e. The van der Waals surface area contributed by atoms with E-state index < -0.39 is 0 Å². The summed E-state index contributed by atoms with van der Waals surface area (Å²) >= 11 is 0. The molecule has 4 rings (SSSR count). The maximum atomic E-state index is 12.4. The van der Waals surface area contributed by atoms with Gasteiger partial charge in [-0.1, -0.05) is 42.5 Å². The molecule has 5 nitrogen and oxygen atoms in total. The summed E-state index contributed by atoms with van der Waals surface area (Å²) in [4.78, 5) is 27.3. The van der Waals surface area contributed by atoms with Crippen LogP contribution in [0.1, 0.15) is 37.2 Å². The van der Waals surface area contributed by atoms with E-state index in [2.05, 4.69) is 22.4 Å². The number of carbonyl (C=O) groups is 1. The second-order valence-electron chi connectivity index (χ2n) is 7.36. The van der Waals surface area contributed by atoms with Crippen LogP contribution in [-0.4, -0.2) is 22.0 Å². The third-order valence-corrected chi connectivity index (χ3v) is 5.39. The molecule has 1 aliphatic carbocycles.